The summed E-state index contributed by atoms with van der Waals surface area (Å²) in [7, 11) is 3.78. The van der Waals surface area contributed by atoms with Crippen LogP contribution in [0.25, 0.3) is 0 Å². The van der Waals surface area contributed by atoms with E-state index in [1.165, 1.54) is 0 Å². The number of benzene rings is 3. The van der Waals surface area contributed by atoms with Crippen LogP contribution >= 0.6 is 0 Å². The second kappa shape index (κ2) is 12.6. The lowest BCUT2D eigenvalue weighted by molar-refractivity contribution is -0.116. The predicted octanol–water partition coefficient (Wildman–Crippen LogP) is 4.68. The van der Waals surface area contributed by atoms with Gasteiger partial charge in [-0.05, 0) is 42.7 Å². The van der Waals surface area contributed by atoms with Gasteiger partial charge >= 0.3 is 0 Å². The van der Waals surface area contributed by atoms with Crippen LogP contribution in [0.5, 0.6) is 0 Å². The molecule has 0 spiro atoms. The minimum atomic E-state index is -0.466. The van der Waals surface area contributed by atoms with Crippen LogP contribution in [0.4, 0.5) is 11.4 Å². The Hall–Kier alpha value is -3.64. The quantitative estimate of drug-likeness (QED) is 0.409. The van der Waals surface area contributed by atoms with Gasteiger partial charge in [-0.25, -0.2) is 0 Å². The highest BCUT2D eigenvalue weighted by Crippen LogP contribution is 2.28. The van der Waals surface area contributed by atoms with Gasteiger partial charge in [0.2, 0.25) is 5.91 Å². The normalized spacial score (nSPS) is 10.7. The van der Waals surface area contributed by atoms with E-state index in [9.17, 15) is 9.59 Å². The summed E-state index contributed by atoms with van der Waals surface area (Å²) in [6.07, 6.45) is 0.739. The van der Waals surface area contributed by atoms with E-state index in [0.717, 1.165) is 23.2 Å². The SMILES string of the molecule is CCOCCCNC(=O)c1cc(NC(=O)C(c2ccccc2)c2ccccc2)ccc1N(C)C. The lowest BCUT2D eigenvalue weighted by atomic mass is 9.90. The van der Waals surface area contributed by atoms with Gasteiger partial charge in [0.1, 0.15) is 0 Å². The molecule has 3 rings (SSSR count). The lowest BCUT2D eigenvalue weighted by Gasteiger charge is -2.20. The van der Waals surface area contributed by atoms with E-state index in [0.29, 0.717) is 31.0 Å². The monoisotopic (exact) mass is 459 g/mol. The summed E-state index contributed by atoms with van der Waals surface area (Å²) in [5, 5.41) is 5.98. The summed E-state index contributed by atoms with van der Waals surface area (Å²) in [5.41, 5.74) is 3.68. The molecule has 0 aliphatic heterocycles. The first kappa shape index (κ1) is 25.0. The van der Waals surface area contributed by atoms with Gasteiger partial charge < -0.3 is 20.3 Å². The summed E-state index contributed by atoms with van der Waals surface area (Å²) < 4.78 is 5.33. The van der Waals surface area contributed by atoms with Crippen molar-refractivity contribution >= 4 is 23.2 Å². The van der Waals surface area contributed by atoms with Crippen molar-refractivity contribution in [1.29, 1.82) is 0 Å². The third-order valence-electron chi connectivity index (χ3n) is 5.47. The molecule has 0 bridgehead atoms. The van der Waals surface area contributed by atoms with Crippen molar-refractivity contribution in [3.8, 4) is 0 Å². The second-order valence-corrected chi connectivity index (χ2v) is 8.18. The Balaban J connectivity index is 1.82. The Labute approximate surface area is 201 Å². The molecule has 0 unspecified atom stereocenters. The summed E-state index contributed by atoms with van der Waals surface area (Å²) >= 11 is 0. The largest absolute Gasteiger partial charge is 0.382 e. The molecule has 3 aromatic carbocycles. The van der Waals surface area contributed by atoms with Crippen LogP contribution < -0.4 is 15.5 Å². The zero-order valence-corrected chi connectivity index (χ0v) is 20.1. The Morgan fingerprint density at radius 3 is 2.09 bits per heavy atom. The fraction of sp³-hybridized carbons (Fsp3) is 0.286. The van der Waals surface area contributed by atoms with Gasteiger partial charge in [-0.2, -0.15) is 0 Å². The Kier molecular flexibility index (Phi) is 9.23. The highest BCUT2D eigenvalue weighted by Gasteiger charge is 2.23. The molecule has 178 valence electrons. The second-order valence-electron chi connectivity index (χ2n) is 8.18. The standard InChI is InChI=1S/C28H33N3O3/c1-4-34-19-11-18-29-27(32)24-20-23(16-17-25(24)31(2)3)30-28(33)26(21-12-7-5-8-13-21)22-14-9-6-10-15-22/h5-10,12-17,20,26H,4,11,18-19H2,1-3H3,(H,29,32)(H,30,33). The number of anilines is 2. The third kappa shape index (κ3) is 6.68. The highest BCUT2D eigenvalue weighted by molar-refractivity contribution is 6.03. The van der Waals surface area contributed by atoms with Crippen LogP contribution in [0.2, 0.25) is 0 Å². The van der Waals surface area contributed by atoms with E-state index in [1.54, 1.807) is 6.07 Å². The van der Waals surface area contributed by atoms with Crippen LogP contribution in [0.1, 0.15) is 40.7 Å². The van der Waals surface area contributed by atoms with Gasteiger partial charge in [0, 0.05) is 45.2 Å². The maximum absolute atomic E-state index is 13.4. The van der Waals surface area contributed by atoms with Crippen LogP contribution in [0.15, 0.2) is 78.9 Å². The molecule has 3 aromatic rings. The number of rotatable bonds is 11. The number of nitrogens with zero attached hydrogens (tertiary/aromatic N) is 1. The number of amides is 2. The van der Waals surface area contributed by atoms with Gasteiger partial charge in [0.25, 0.3) is 5.91 Å². The molecule has 0 fully saturated rings. The van der Waals surface area contributed by atoms with Crippen molar-refractivity contribution in [2.75, 3.05) is 44.1 Å². The molecule has 6 nitrogen and oxygen atoms in total. The summed E-state index contributed by atoms with van der Waals surface area (Å²) in [4.78, 5) is 28.3. The Morgan fingerprint density at radius 2 is 1.53 bits per heavy atom. The topological polar surface area (TPSA) is 70.7 Å². The molecule has 0 aliphatic carbocycles. The number of nitrogens with one attached hydrogen (secondary N) is 2. The first-order valence-corrected chi connectivity index (χ1v) is 11.6. The van der Waals surface area contributed by atoms with E-state index in [2.05, 4.69) is 10.6 Å². The number of hydrogen-bond donors (Lipinski definition) is 2. The first-order valence-electron chi connectivity index (χ1n) is 11.6. The highest BCUT2D eigenvalue weighted by atomic mass is 16.5. The van der Waals surface area contributed by atoms with Crippen LogP contribution in [0, 0.1) is 0 Å². The van der Waals surface area contributed by atoms with Crippen molar-refractivity contribution in [3.05, 3.63) is 95.6 Å². The number of carbonyl (C=O) groups is 2. The predicted molar refractivity (Wildman–Crippen MR) is 138 cm³/mol. The molecule has 0 aliphatic rings. The van der Waals surface area contributed by atoms with Crippen LogP contribution in [0.3, 0.4) is 0 Å². The molecule has 0 saturated carbocycles. The molecule has 0 saturated heterocycles. The van der Waals surface area contributed by atoms with E-state index >= 15 is 0 Å². The van der Waals surface area contributed by atoms with Crippen molar-refractivity contribution in [3.63, 3.8) is 0 Å². The minimum absolute atomic E-state index is 0.155. The summed E-state index contributed by atoms with van der Waals surface area (Å²) in [6.45, 7) is 3.73. The zero-order chi connectivity index (χ0) is 24.3. The molecule has 6 heteroatoms. The van der Waals surface area contributed by atoms with Crippen molar-refractivity contribution < 1.29 is 14.3 Å². The van der Waals surface area contributed by atoms with Crippen LogP contribution in [-0.2, 0) is 9.53 Å². The minimum Gasteiger partial charge on any atom is -0.382 e. The molecule has 0 atom stereocenters. The third-order valence-corrected chi connectivity index (χ3v) is 5.47. The van der Waals surface area contributed by atoms with Crippen molar-refractivity contribution in [2.24, 2.45) is 0 Å². The van der Waals surface area contributed by atoms with Crippen molar-refractivity contribution in [2.45, 2.75) is 19.3 Å². The maximum Gasteiger partial charge on any atom is 0.253 e. The fourth-order valence-corrected chi connectivity index (χ4v) is 3.80. The molecular formula is C28H33N3O3. The Morgan fingerprint density at radius 1 is 0.912 bits per heavy atom. The maximum atomic E-state index is 13.4. The van der Waals surface area contributed by atoms with Crippen molar-refractivity contribution in [1.82, 2.24) is 5.32 Å². The zero-order valence-electron chi connectivity index (χ0n) is 20.1. The van der Waals surface area contributed by atoms with Gasteiger partial charge in [-0.3, -0.25) is 9.59 Å². The van der Waals surface area contributed by atoms with Gasteiger partial charge in [0.05, 0.1) is 11.5 Å². The first-order chi connectivity index (χ1) is 16.5. The van der Waals surface area contributed by atoms with E-state index in [4.69, 9.17) is 4.74 Å². The summed E-state index contributed by atoms with van der Waals surface area (Å²) in [6, 6.07) is 24.8. The number of carbonyl (C=O) groups excluding carboxylic acids is 2. The van der Waals surface area contributed by atoms with E-state index in [-0.39, 0.29) is 11.8 Å². The Bertz CT molecular complexity index is 1030. The lowest BCUT2D eigenvalue weighted by Crippen LogP contribution is -2.28. The molecule has 0 heterocycles. The number of ether oxygens (including phenoxy) is 1. The molecule has 0 radical (unpaired) electrons. The van der Waals surface area contributed by atoms with Gasteiger partial charge in [-0.15, -0.1) is 0 Å². The fourth-order valence-electron chi connectivity index (χ4n) is 3.80. The van der Waals surface area contributed by atoms with Gasteiger partial charge in [0.15, 0.2) is 0 Å². The molecular weight excluding hydrogens is 426 g/mol. The summed E-state index contributed by atoms with van der Waals surface area (Å²) in [5.74, 6) is -0.802. The molecule has 2 amide bonds. The molecule has 34 heavy (non-hydrogen) atoms. The molecule has 2 N–H and O–H groups in total. The number of hydrogen-bond acceptors (Lipinski definition) is 4. The molecule has 0 aromatic heterocycles. The van der Waals surface area contributed by atoms with Crippen LogP contribution in [-0.4, -0.2) is 45.7 Å². The van der Waals surface area contributed by atoms with E-state index in [1.807, 2.05) is 98.7 Å². The van der Waals surface area contributed by atoms with E-state index < -0.39 is 5.92 Å². The average Bonchev–Trinajstić information content (AvgIpc) is 2.85. The average molecular weight is 460 g/mol. The smallest absolute Gasteiger partial charge is 0.253 e. The van der Waals surface area contributed by atoms with Gasteiger partial charge in [-0.1, -0.05) is 60.7 Å².